The van der Waals surface area contributed by atoms with Crippen LogP contribution in [0.4, 0.5) is 5.82 Å². The molecule has 1 rings (SSSR count). The van der Waals surface area contributed by atoms with E-state index < -0.39 is 20.8 Å². The molecule has 1 heterocycles. The van der Waals surface area contributed by atoms with Gasteiger partial charge in [-0.15, -0.1) is 0 Å². The SMILES string of the molecule is C=C(C)COCCNS(=O)(=O)c1ccc([N+](=O)[O-])nc1. The molecule has 1 N–H and O–H groups in total. The minimum atomic E-state index is -3.74. The van der Waals surface area contributed by atoms with E-state index in [2.05, 4.69) is 16.3 Å². The summed E-state index contributed by atoms with van der Waals surface area (Å²) in [6.45, 7) is 6.10. The maximum absolute atomic E-state index is 11.8. The van der Waals surface area contributed by atoms with Gasteiger partial charge < -0.3 is 14.9 Å². The lowest BCUT2D eigenvalue weighted by Crippen LogP contribution is -2.27. The summed E-state index contributed by atoms with van der Waals surface area (Å²) >= 11 is 0. The molecule has 8 nitrogen and oxygen atoms in total. The summed E-state index contributed by atoms with van der Waals surface area (Å²) in [5.41, 5.74) is 0.840. The zero-order valence-corrected chi connectivity index (χ0v) is 11.7. The Labute approximate surface area is 116 Å². The van der Waals surface area contributed by atoms with Crippen molar-refractivity contribution in [1.29, 1.82) is 0 Å². The van der Waals surface area contributed by atoms with Crippen molar-refractivity contribution >= 4 is 15.8 Å². The van der Waals surface area contributed by atoms with Crippen molar-refractivity contribution in [3.63, 3.8) is 0 Å². The Morgan fingerprint density at radius 3 is 2.75 bits per heavy atom. The van der Waals surface area contributed by atoms with Gasteiger partial charge in [-0.05, 0) is 22.9 Å². The molecule has 1 aromatic rings. The van der Waals surface area contributed by atoms with Crippen LogP contribution in [0.3, 0.4) is 0 Å². The van der Waals surface area contributed by atoms with Crippen LogP contribution in [0, 0.1) is 10.1 Å². The van der Waals surface area contributed by atoms with E-state index in [1.54, 1.807) is 6.92 Å². The fourth-order valence-corrected chi connectivity index (χ4v) is 2.17. The summed E-state index contributed by atoms with van der Waals surface area (Å²) in [6, 6.07) is 2.16. The van der Waals surface area contributed by atoms with Crippen LogP contribution in [0.1, 0.15) is 6.92 Å². The fraction of sp³-hybridized carbons (Fsp3) is 0.364. The molecule has 0 fully saturated rings. The van der Waals surface area contributed by atoms with Gasteiger partial charge in [0.2, 0.25) is 10.0 Å². The van der Waals surface area contributed by atoms with Crippen LogP contribution >= 0.6 is 0 Å². The second-order valence-electron chi connectivity index (χ2n) is 4.02. The Hall–Kier alpha value is -1.84. The van der Waals surface area contributed by atoms with Gasteiger partial charge in [-0.3, -0.25) is 0 Å². The van der Waals surface area contributed by atoms with Gasteiger partial charge in [-0.2, -0.15) is 0 Å². The Bertz CT molecular complexity index is 583. The molecule has 0 radical (unpaired) electrons. The van der Waals surface area contributed by atoms with E-state index in [1.807, 2.05) is 0 Å². The molecule has 0 amide bonds. The number of nitrogens with one attached hydrogen (secondary N) is 1. The third-order valence-electron chi connectivity index (χ3n) is 2.11. The highest BCUT2D eigenvalue weighted by Gasteiger charge is 2.17. The lowest BCUT2D eigenvalue weighted by Gasteiger charge is -2.06. The first-order valence-corrected chi connectivity index (χ1v) is 7.13. The molecule has 110 valence electrons. The van der Waals surface area contributed by atoms with Gasteiger partial charge in [0.25, 0.3) is 0 Å². The second kappa shape index (κ2) is 7.08. The number of nitrogens with zero attached hydrogens (tertiary/aromatic N) is 2. The van der Waals surface area contributed by atoms with Gasteiger partial charge >= 0.3 is 5.82 Å². The number of hydrogen-bond acceptors (Lipinski definition) is 6. The molecule has 0 atom stereocenters. The van der Waals surface area contributed by atoms with Crippen molar-refractivity contribution in [2.45, 2.75) is 11.8 Å². The molecule has 0 aliphatic heterocycles. The van der Waals surface area contributed by atoms with Gasteiger partial charge in [0, 0.05) is 12.6 Å². The summed E-state index contributed by atoms with van der Waals surface area (Å²) < 4.78 is 31.1. The number of ether oxygens (including phenoxy) is 1. The van der Waals surface area contributed by atoms with Crippen molar-refractivity contribution in [3.05, 3.63) is 40.6 Å². The van der Waals surface area contributed by atoms with Crippen LogP contribution in [-0.2, 0) is 14.8 Å². The van der Waals surface area contributed by atoms with Gasteiger partial charge in [-0.1, -0.05) is 12.2 Å². The Morgan fingerprint density at radius 2 is 2.25 bits per heavy atom. The second-order valence-corrected chi connectivity index (χ2v) is 5.78. The minimum absolute atomic E-state index is 0.0899. The standard InChI is InChI=1S/C11H15N3O5S/c1-9(2)8-19-6-5-13-20(17,18)10-3-4-11(12-7-10)14(15)16/h3-4,7,13H,1,5-6,8H2,2H3. The number of nitro groups is 1. The van der Waals surface area contributed by atoms with Gasteiger partial charge in [-0.25, -0.2) is 13.1 Å². The molecule has 1 aromatic heterocycles. The molecule has 0 spiro atoms. The number of sulfonamides is 1. The maximum Gasteiger partial charge on any atom is 0.363 e. The first-order valence-electron chi connectivity index (χ1n) is 5.65. The summed E-state index contributed by atoms with van der Waals surface area (Å²) in [5.74, 6) is -0.409. The summed E-state index contributed by atoms with van der Waals surface area (Å²) in [7, 11) is -3.74. The predicted octanol–water partition coefficient (Wildman–Crippen LogP) is 0.861. The zero-order chi connectivity index (χ0) is 15.2. The highest BCUT2D eigenvalue weighted by atomic mass is 32.2. The van der Waals surface area contributed by atoms with Crippen molar-refractivity contribution in [2.75, 3.05) is 19.8 Å². The number of rotatable bonds is 8. The van der Waals surface area contributed by atoms with E-state index in [1.165, 1.54) is 0 Å². The molecule has 0 bridgehead atoms. The summed E-state index contributed by atoms with van der Waals surface area (Å²) in [4.78, 5) is 13.0. The molecular weight excluding hydrogens is 286 g/mol. The van der Waals surface area contributed by atoms with E-state index in [-0.39, 0.29) is 18.0 Å². The van der Waals surface area contributed by atoms with E-state index in [9.17, 15) is 18.5 Å². The molecular formula is C11H15N3O5S. The van der Waals surface area contributed by atoms with Gasteiger partial charge in [0.15, 0.2) is 6.20 Å². The van der Waals surface area contributed by atoms with Crippen molar-refractivity contribution in [2.24, 2.45) is 0 Å². The molecule has 0 aliphatic carbocycles. The monoisotopic (exact) mass is 301 g/mol. The van der Waals surface area contributed by atoms with Crippen LogP contribution in [0.2, 0.25) is 0 Å². The average Bonchev–Trinajstić information content (AvgIpc) is 2.38. The number of hydrogen-bond donors (Lipinski definition) is 1. The van der Waals surface area contributed by atoms with Crippen molar-refractivity contribution in [3.8, 4) is 0 Å². The fourth-order valence-electron chi connectivity index (χ4n) is 1.22. The largest absolute Gasteiger partial charge is 0.376 e. The van der Waals surface area contributed by atoms with Crippen LogP contribution in [-0.4, -0.2) is 38.1 Å². The zero-order valence-electron chi connectivity index (χ0n) is 10.9. The van der Waals surface area contributed by atoms with E-state index >= 15 is 0 Å². The third kappa shape index (κ3) is 5.03. The predicted molar refractivity (Wildman–Crippen MR) is 71.7 cm³/mol. The van der Waals surface area contributed by atoms with Crippen molar-refractivity contribution in [1.82, 2.24) is 9.71 Å². The van der Waals surface area contributed by atoms with E-state index in [0.717, 1.165) is 23.9 Å². The average molecular weight is 301 g/mol. The van der Waals surface area contributed by atoms with E-state index in [0.29, 0.717) is 6.61 Å². The number of pyridine rings is 1. The van der Waals surface area contributed by atoms with Gasteiger partial charge in [0.05, 0.1) is 13.2 Å². The molecule has 0 aromatic carbocycles. The molecule has 20 heavy (non-hydrogen) atoms. The highest BCUT2D eigenvalue weighted by Crippen LogP contribution is 2.11. The molecule has 0 saturated heterocycles. The Balaban J connectivity index is 2.56. The van der Waals surface area contributed by atoms with Gasteiger partial charge in [0.1, 0.15) is 4.90 Å². The minimum Gasteiger partial charge on any atom is -0.376 e. The van der Waals surface area contributed by atoms with Crippen LogP contribution in [0.5, 0.6) is 0 Å². The van der Waals surface area contributed by atoms with Crippen LogP contribution in [0.15, 0.2) is 35.4 Å². The Morgan fingerprint density at radius 1 is 1.55 bits per heavy atom. The first-order chi connectivity index (χ1) is 9.33. The highest BCUT2D eigenvalue weighted by molar-refractivity contribution is 7.89. The molecule has 0 unspecified atom stereocenters. The third-order valence-corrected chi connectivity index (χ3v) is 3.55. The smallest absolute Gasteiger partial charge is 0.363 e. The summed E-state index contributed by atoms with van der Waals surface area (Å²) in [5, 5.41) is 10.4. The molecule has 0 aliphatic rings. The molecule has 9 heteroatoms. The Kier molecular flexibility index (Phi) is 5.74. The topological polar surface area (TPSA) is 111 Å². The normalized spacial score (nSPS) is 11.2. The lowest BCUT2D eigenvalue weighted by molar-refractivity contribution is -0.389. The molecule has 0 saturated carbocycles. The lowest BCUT2D eigenvalue weighted by atomic mass is 10.4. The maximum atomic E-state index is 11.8. The van der Waals surface area contributed by atoms with Crippen molar-refractivity contribution < 1.29 is 18.1 Å². The van der Waals surface area contributed by atoms with Crippen LogP contribution in [0.25, 0.3) is 0 Å². The first kappa shape index (κ1) is 16.2. The summed E-state index contributed by atoms with van der Waals surface area (Å²) in [6.07, 6.45) is 0.940. The van der Waals surface area contributed by atoms with Crippen LogP contribution < -0.4 is 4.72 Å². The van der Waals surface area contributed by atoms with E-state index in [4.69, 9.17) is 4.74 Å². The quantitative estimate of drug-likeness (QED) is 0.330. The number of aromatic nitrogens is 1.